The molecule has 0 aliphatic carbocycles. The normalized spacial score (nSPS) is 15.3. The van der Waals surface area contributed by atoms with Crippen LogP contribution >= 0.6 is 11.3 Å². The Hall–Kier alpha value is -4.01. The molecule has 272 valence electrons. The second kappa shape index (κ2) is 19.2. The van der Waals surface area contributed by atoms with Gasteiger partial charge in [-0.05, 0) is 67.7 Å². The first-order valence-corrected chi connectivity index (χ1v) is 17.5. The number of aliphatic hydroxyl groups excluding tert-OH is 1. The molecule has 9 N–H and O–H groups in total. The summed E-state index contributed by atoms with van der Waals surface area (Å²) < 4.78 is 0. The van der Waals surface area contributed by atoms with Gasteiger partial charge in [0.05, 0.1) is 23.6 Å². The molecule has 0 bridgehead atoms. The van der Waals surface area contributed by atoms with E-state index in [2.05, 4.69) is 21.3 Å². The topological polar surface area (TPSA) is 220 Å². The van der Waals surface area contributed by atoms with Crippen LogP contribution in [0.1, 0.15) is 77.7 Å². The van der Waals surface area contributed by atoms with Crippen LogP contribution in [0.2, 0.25) is 0 Å². The molecule has 1 aromatic carbocycles. The Bertz CT molecular complexity index is 1380. The summed E-state index contributed by atoms with van der Waals surface area (Å²) in [5, 5.41) is 43.1. The van der Waals surface area contributed by atoms with E-state index in [1.54, 1.807) is 45.0 Å². The summed E-state index contributed by atoms with van der Waals surface area (Å²) in [4.78, 5) is 63.7. The molecule has 2 aromatic rings. The van der Waals surface area contributed by atoms with Crippen molar-refractivity contribution in [3.8, 4) is 0 Å². The number of carbonyl (C=O) groups is 5. The Balaban J connectivity index is 2.21. The van der Waals surface area contributed by atoms with Crippen molar-refractivity contribution in [1.82, 2.24) is 16.0 Å². The highest BCUT2D eigenvalue weighted by atomic mass is 32.1. The minimum absolute atomic E-state index is 0.0888. The third kappa shape index (κ3) is 13.1. The van der Waals surface area contributed by atoms with Crippen LogP contribution in [-0.2, 0) is 35.8 Å². The maximum absolute atomic E-state index is 13.8. The van der Waals surface area contributed by atoms with Crippen molar-refractivity contribution in [2.75, 3.05) is 11.9 Å². The van der Waals surface area contributed by atoms with E-state index >= 15 is 0 Å². The number of anilines is 1. The van der Waals surface area contributed by atoms with Gasteiger partial charge >= 0.3 is 11.9 Å². The van der Waals surface area contributed by atoms with Crippen LogP contribution < -0.4 is 27.0 Å². The smallest absolute Gasteiger partial charge is 0.313 e. The van der Waals surface area contributed by atoms with Crippen LogP contribution in [0.25, 0.3) is 0 Å². The van der Waals surface area contributed by atoms with E-state index < -0.39 is 65.3 Å². The molecular formula is C35H53N5O8S. The maximum Gasteiger partial charge on any atom is 0.313 e. The number of amides is 3. The summed E-state index contributed by atoms with van der Waals surface area (Å²) in [6.07, 6.45) is -0.258. The quantitative estimate of drug-likeness (QED) is 0.0950. The fourth-order valence-corrected chi connectivity index (χ4v) is 5.82. The van der Waals surface area contributed by atoms with Crippen molar-refractivity contribution in [3.05, 3.63) is 52.2 Å². The lowest BCUT2D eigenvalue weighted by molar-refractivity contribution is -0.142. The van der Waals surface area contributed by atoms with Crippen molar-refractivity contribution in [1.29, 1.82) is 0 Å². The molecule has 0 saturated carbocycles. The van der Waals surface area contributed by atoms with Crippen molar-refractivity contribution < 1.29 is 39.3 Å². The number of benzene rings is 1. The van der Waals surface area contributed by atoms with Crippen molar-refractivity contribution in [3.63, 3.8) is 0 Å². The van der Waals surface area contributed by atoms with E-state index in [9.17, 15) is 34.2 Å². The minimum Gasteiger partial charge on any atom is -0.481 e. The van der Waals surface area contributed by atoms with Crippen LogP contribution in [0.4, 0.5) is 5.69 Å². The highest BCUT2D eigenvalue weighted by Crippen LogP contribution is 2.25. The standard InChI is InChI=1S/C35H53N5O8S/c1-7-21(4)30(40-31(44)25(36)14-15-29(42)43)33(46)39-27(18-24-9-8-16-49-24)32(45)38-26(17-20(2)3)28(41)19-37-23-12-10-22(11-13-23)35(5,6)34(47)48/h8-13,16,20-21,25-28,30,37,41H,7,14-15,17-19,36H2,1-6H3,(H,38,45)(H,39,46)(H,40,44)(H,42,43)(H,47,48)/t21-,25-,26-,27-,28+,30-/m0/s1. The van der Waals surface area contributed by atoms with Gasteiger partial charge in [-0.2, -0.15) is 0 Å². The molecule has 3 amide bonds. The molecule has 13 nitrogen and oxygen atoms in total. The van der Waals surface area contributed by atoms with Gasteiger partial charge in [0.1, 0.15) is 12.1 Å². The minimum atomic E-state index is -1.12. The Morgan fingerprint density at radius 2 is 1.57 bits per heavy atom. The molecule has 14 heteroatoms. The van der Waals surface area contributed by atoms with Gasteiger partial charge in [0.25, 0.3) is 0 Å². The van der Waals surface area contributed by atoms with Gasteiger partial charge in [0, 0.05) is 30.0 Å². The number of rotatable bonds is 21. The van der Waals surface area contributed by atoms with Crippen LogP contribution in [0.5, 0.6) is 0 Å². The number of carboxylic acids is 2. The van der Waals surface area contributed by atoms with E-state index in [4.69, 9.17) is 10.8 Å². The third-order valence-electron chi connectivity index (χ3n) is 8.59. The highest BCUT2D eigenvalue weighted by Gasteiger charge is 2.33. The largest absolute Gasteiger partial charge is 0.481 e. The predicted molar refractivity (Wildman–Crippen MR) is 189 cm³/mol. The molecule has 0 aliphatic rings. The predicted octanol–water partition coefficient (Wildman–Crippen LogP) is 2.86. The Kier molecular flexibility index (Phi) is 16.2. The molecule has 0 unspecified atom stereocenters. The van der Waals surface area contributed by atoms with Crippen LogP contribution in [-0.4, -0.2) is 81.8 Å². The SMILES string of the molecule is CC[C@H](C)[C@H](NC(=O)[C@@H](N)CCC(=O)O)C(=O)N[C@@H](Cc1cccs1)C(=O)N[C@@H](CC(C)C)[C@H](O)CNc1ccc(C(C)(C)C(=O)O)cc1. The molecular weight excluding hydrogens is 650 g/mol. The summed E-state index contributed by atoms with van der Waals surface area (Å²) in [5.41, 5.74) is 6.13. The second-order valence-corrected chi connectivity index (χ2v) is 14.5. The molecule has 0 aliphatic heterocycles. The van der Waals surface area contributed by atoms with Gasteiger partial charge in [0.2, 0.25) is 17.7 Å². The average Bonchev–Trinajstić information content (AvgIpc) is 3.56. The zero-order chi connectivity index (χ0) is 36.9. The van der Waals surface area contributed by atoms with E-state index in [-0.39, 0.29) is 37.6 Å². The second-order valence-electron chi connectivity index (χ2n) is 13.5. The number of aliphatic hydroxyl groups is 1. The van der Waals surface area contributed by atoms with Crippen LogP contribution in [0, 0.1) is 11.8 Å². The van der Waals surface area contributed by atoms with E-state index in [0.29, 0.717) is 24.1 Å². The lowest BCUT2D eigenvalue weighted by Gasteiger charge is -2.30. The maximum atomic E-state index is 13.8. The van der Waals surface area contributed by atoms with E-state index in [1.165, 1.54) is 11.3 Å². The van der Waals surface area contributed by atoms with Gasteiger partial charge < -0.3 is 42.3 Å². The molecule has 2 rings (SSSR count). The lowest BCUT2D eigenvalue weighted by atomic mass is 9.85. The van der Waals surface area contributed by atoms with Crippen molar-refractivity contribution in [2.24, 2.45) is 17.6 Å². The van der Waals surface area contributed by atoms with Gasteiger partial charge in [-0.3, -0.25) is 24.0 Å². The van der Waals surface area contributed by atoms with E-state index in [1.807, 2.05) is 38.3 Å². The van der Waals surface area contributed by atoms with Crippen molar-refractivity contribution >= 4 is 46.7 Å². The van der Waals surface area contributed by atoms with Gasteiger partial charge in [0.15, 0.2) is 0 Å². The molecule has 0 fully saturated rings. The highest BCUT2D eigenvalue weighted by molar-refractivity contribution is 7.09. The number of nitrogens with one attached hydrogen (secondary N) is 4. The fraction of sp³-hybridized carbons (Fsp3) is 0.571. The van der Waals surface area contributed by atoms with Crippen LogP contribution in [0.15, 0.2) is 41.8 Å². The number of hydrogen-bond donors (Lipinski definition) is 8. The summed E-state index contributed by atoms with van der Waals surface area (Å²) in [5.74, 6) is -3.99. The fourth-order valence-electron chi connectivity index (χ4n) is 5.07. The summed E-state index contributed by atoms with van der Waals surface area (Å²) in [6, 6.07) is 6.73. The lowest BCUT2D eigenvalue weighted by Crippen LogP contribution is -2.59. The number of carboxylic acid groups (broad SMARTS) is 2. The number of aliphatic carboxylic acids is 2. The molecule has 6 atom stereocenters. The molecule has 1 heterocycles. The molecule has 0 radical (unpaired) electrons. The van der Waals surface area contributed by atoms with Gasteiger partial charge in [-0.1, -0.05) is 52.3 Å². The zero-order valence-corrected chi connectivity index (χ0v) is 30.0. The first kappa shape index (κ1) is 41.2. The number of hydrogen-bond acceptors (Lipinski definition) is 9. The monoisotopic (exact) mass is 703 g/mol. The first-order chi connectivity index (χ1) is 23.0. The Morgan fingerprint density at radius 3 is 2.10 bits per heavy atom. The number of nitrogens with two attached hydrogens (primary N) is 1. The molecule has 49 heavy (non-hydrogen) atoms. The summed E-state index contributed by atoms with van der Waals surface area (Å²) in [6.45, 7) is 10.9. The van der Waals surface area contributed by atoms with E-state index in [0.717, 1.165) is 4.88 Å². The molecule has 0 saturated heterocycles. The first-order valence-electron chi connectivity index (χ1n) is 16.6. The molecule has 0 spiro atoms. The van der Waals surface area contributed by atoms with Gasteiger partial charge in [-0.25, -0.2) is 0 Å². The number of carbonyl (C=O) groups excluding carboxylic acids is 3. The summed E-state index contributed by atoms with van der Waals surface area (Å²) in [7, 11) is 0. The zero-order valence-electron chi connectivity index (χ0n) is 29.2. The Morgan fingerprint density at radius 1 is 0.918 bits per heavy atom. The molecule has 1 aromatic heterocycles. The Labute approximate surface area is 292 Å². The summed E-state index contributed by atoms with van der Waals surface area (Å²) >= 11 is 1.43. The third-order valence-corrected chi connectivity index (χ3v) is 9.49. The van der Waals surface area contributed by atoms with Crippen molar-refractivity contribution in [2.45, 2.75) is 109 Å². The number of thiophene rings is 1. The van der Waals surface area contributed by atoms with Crippen LogP contribution in [0.3, 0.4) is 0 Å². The average molecular weight is 704 g/mol. The van der Waals surface area contributed by atoms with Gasteiger partial charge in [-0.15, -0.1) is 11.3 Å².